The molecule has 1 aliphatic rings. The number of carbonyl (C=O) groups excluding carboxylic acids is 2. The number of aromatic nitrogens is 1. The molecule has 2 heterocycles. The Bertz CT molecular complexity index is 1180. The zero-order valence-electron chi connectivity index (χ0n) is 21.3. The fourth-order valence-electron chi connectivity index (χ4n) is 5.12. The number of piperidine rings is 1. The van der Waals surface area contributed by atoms with Crippen molar-refractivity contribution in [1.29, 1.82) is 0 Å². The van der Waals surface area contributed by atoms with E-state index < -0.39 is 0 Å². The lowest BCUT2D eigenvalue weighted by atomic mass is 9.95. The Kier molecular flexibility index (Phi) is 8.70. The number of rotatable bonds is 10. The third-order valence-electron chi connectivity index (χ3n) is 7.32. The van der Waals surface area contributed by atoms with Gasteiger partial charge in [-0.3, -0.25) is 14.5 Å². The van der Waals surface area contributed by atoms with Crippen molar-refractivity contribution < 1.29 is 14.0 Å². The molecule has 36 heavy (non-hydrogen) atoms. The monoisotopic (exact) mass is 489 g/mol. The van der Waals surface area contributed by atoms with E-state index in [0.29, 0.717) is 25.1 Å². The fraction of sp³-hybridized carbons (Fsp3) is 0.400. The van der Waals surface area contributed by atoms with E-state index in [1.807, 2.05) is 19.1 Å². The van der Waals surface area contributed by atoms with Gasteiger partial charge in [-0.15, -0.1) is 0 Å². The predicted octanol–water partition coefficient (Wildman–Crippen LogP) is 4.74. The number of nitrogens with zero attached hydrogens (tertiary/aromatic N) is 2. The normalized spacial score (nSPS) is 14.6. The molecule has 1 aromatic heterocycles. The molecule has 0 aliphatic carbocycles. The third-order valence-corrected chi connectivity index (χ3v) is 7.32. The number of ketones is 1. The van der Waals surface area contributed by atoms with Gasteiger partial charge < -0.3 is 9.88 Å². The Morgan fingerprint density at radius 3 is 2.39 bits per heavy atom. The van der Waals surface area contributed by atoms with Gasteiger partial charge in [-0.05, 0) is 75.9 Å². The summed E-state index contributed by atoms with van der Waals surface area (Å²) in [7, 11) is 0. The molecule has 3 aromatic rings. The summed E-state index contributed by atoms with van der Waals surface area (Å²) in [6, 6.07) is 19.1. The molecule has 1 aliphatic heterocycles. The zero-order chi connectivity index (χ0) is 25.5. The third kappa shape index (κ3) is 6.49. The van der Waals surface area contributed by atoms with Crippen LogP contribution in [0, 0.1) is 25.6 Å². The van der Waals surface area contributed by atoms with Crippen molar-refractivity contribution in [3.05, 3.63) is 94.6 Å². The lowest BCUT2D eigenvalue weighted by Gasteiger charge is -2.30. The second-order valence-corrected chi connectivity index (χ2v) is 9.78. The molecule has 1 saturated heterocycles. The molecule has 5 nitrogen and oxygen atoms in total. The Balaban J connectivity index is 1.23. The molecule has 2 aromatic carbocycles. The summed E-state index contributed by atoms with van der Waals surface area (Å²) in [5, 5.41) is 2.96. The summed E-state index contributed by atoms with van der Waals surface area (Å²) in [6.45, 7) is 7.21. The molecule has 6 heteroatoms. The van der Waals surface area contributed by atoms with E-state index in [9.17, 15) is 14.0 Å². The molecular weight excluding hydrogens is 453 g/mol. The number of Topliss-reactive ketones (excluding diaryl/α,β-unsaturated/α-hetero) is 1. The van der Waals surface area contributed by atoms with E-state index in [-0.39, 0.29) is 23.4 Å². The van der Waals surface area contributed by atoms with Gasteiger partial charge in [-0.2, -0.15) is 0 Å². The first kappa shape index (κ1) is 25.8. The van der Waals surface area contributed by atoms with E-state index in [1.165, 1.54) is 11.6 Å². The van der Waals surface area contributed by atoms with Crippen LogP contribution in [-0.2, 0) is 24.2 Å². The average Bonchev–Trinajstić information content (AvgIpc) is 3.18. The smallest absolute Gasteiger partial charge is 0.223 e. The molecule has 0 radical (unpaired) electrons. The van der Waals surface area contributed by atoms with Gasteiger partial charge in [-0.25, -0.2) is 4.39 Å². The number of halogens is 1. The Labute approximate surface area is 213 Å². The first-order valence-electron chi connectivity index (χ1n) is 12.9. The minimum Gasteiger partial charge on any atom is -0.356 e. The minimum atomic E-state index is -0.235. The van der Waals surface area contributed by atoms with Crippen LogP contribution in [0.15, 0.2) is 60.7 Å². The standard InChI is InChI=1S/C30H36FN3O2/c1-22-20-27(23(2)34(22)19-13-24-8-4-3-5-9-24)29(35)21-33-17-14-26(15-18-33)30(36)32-16-12-25-10-6-7-11-28(25)31/h3-11,20,26H,12-19,21H2,1-2H3,(H,32,36). The van der Waals surface area contributed by atoms with Crippen LogP contribution in [0.4, 0.5) is 4.39 Å². The van der Waals surface area contributed by atoms with Crippen molar-refractivity contribution in [2.24, 2.45) is 5.92 Å². The number of likely N-dealkylation sites (tertiary alicyclic amines) is 1. The van der Waals surface area contributed by atoms with Crippen molar-refractivity contribution in [3.8, 4) is 0 Å². The number of hydrogen-bond acceptors (Lipinski definition) is 3. The summed E-state index contributed by atoms with van der Waals surface area (Å²) in [4.78, 5) is 27.9. The molecule has 1 amide bonds. The summed E-state index contributed by atoms with van der Waals surface area (Å²) >= 11 is 0. The zero-order valence-corrected chi connectivity index (χ0v) is 21.3. The molecule has 0 atom stereocenters. The molecule has 1 N–H and O–H groups in total. The van der Waals surface area contributed by atoms with Crippen LogP contribution in [0.25, 0.3) is 0 Å². The number of amides is 1. The van der Waals surface area contributed by atoms with Gasteiger partial charge in [0.2, 0.25) is 5.91 Å². The van der Waals surface area contributed by atoms with Crippen molar-refractivity contribution >= 4 is 11.7 Å². The molecule has 0 saturated carbocycles. The Morgan fingerprint density at radius 2 is 1.67 bits per heavy atom. The van der Waals surface area contributed by atoms with E-state index in [1.54, 1.807) is 18.2 Å². The highest BCUT2D eigenvalue weighted by Crippen LogP contribution is 2.21. The number of nitrogens with one attached hydrogen (secondary N) is 1. The predicted molar refractivity (Wildman–Crippen MR) is 141 cm³/mol. The molecule has 1 fully saturated rings. The molecule has 4 rings (SSSR count). The quantitative estimate of drug-likeness (QED) is 0.419. The average molecular weight is 490 g/mol. The summed E-state index contributed by atoms with van der Waals surface area (Å²) in [6.07, 6.45) is 2.88. The van der Waals surface area contributed by atoms with Crippen LogP contribution in [0.1, 0.15) is 45.7 Å². The van der Waals surface area contributed by atoms with Crippen LogP contribution in [0.2, 0.25) is 0 Å². The van der Waals surface area contributed by atoms with Crippen LogP contribution in [0.5, 0.6) is 0 Å². The van der Waals surface area contributed by atoms with Gasteiger partial charge in [-0.1, -0.05) is 48.5 Å². The van der Waals surface area contributed by atoms with Crippen molar-refractivity contribution in [2.45, 2.75) is 46.1 Å². The second kappa shape index (κ2) is 12.1. The minimum absolute atomic E-state index is 0.0271. The SMILES string of the molecule is Cc1cc(C(=O)CN2CCC(C(=O)NCCc3ccccc3F)CC2)c(C)n1CCc1ccccc1. The number of hydrogen-bond donors (Lipinski definition) is 1. The van der Waals surface area contributed by atoms with Crippen LogP contribution < -0.4 is 5.32 Å². The lowest BCUT2D eigenvalue weighted by Crippen LogP contribution is -2.42. The first-order chi connectivity index (χ1) is 17.4. The van der Waals surface area contributed by atoms with Gasteiger partial charge >= 0.3 is 0 Å². The van der Waals surface area contributed by atoms with Crippen LogP contribution in [0.3, 0.4) is 0 Å². The van der Waals surface area contributed by atoms with Crippen molar-refractivity contribution in [3.63, 3.8) is 0 Å². The molecule has 190 valence electrons. The van der Waals surface area contributed by atoms with Crippen LogP contribution >= 0.6 is 0 Å². The van der Waals surface area contributed by atoms with Gasteiger partial charge in [0.1, 0.15) is 5.82 Å². The number of benzene rings is 2. The molecule has 0 bridgehead atoms. The van der Waals surface area contributed by atoms with Gasteiger partial charge in [0.15, 0.2) is 5.78 Å². The summed E-state index contributed by atoms with van der Waals surface area (Å²) < 4.78 is 16.0. The maximum Gasteiger partial charge on any atom is 0.223 e. The number of aryl methyl sites for hydroxylation is 2. The largest absolute Gasteiger partial charge is 0.356 e. The lowest BCUT2D eigenvalue weighted by molar-refractivity contribution is -0.126. The van der Waals surface area contributed by atoms with E-state index in [4.69, 9.17) is 0 Å². The first-order valence-corrected chi connectivity index (χ1v) is 12.9. The topological polar surface area (TPSA) is 54.3 Å². The van der Waals surface area contributed by atoms with E-state index in [0.717, 1.165) is 55.8 Å². The number of carbonyl (C=O) groups is 2. The summed E-state index contributed by atoms with van der Waals surface area (Å²) in [5.41, 5.74) is 4.84. The molecule has 0 spiro atoms. The highest BCUT2D eigenvalue weighted by Gasteiger charge is 2.27. The second-order valence-electron chi connectivity index (χ2n) is 9.78. The van der Waals surface area contributed by atoms with Gasteiger partial charge in [0.05, 0.1) is 6.54 Å². The van der Waals surface area contributed by atoms with Gasteiger partial charge in [0, 0.05) is 36.0 Å². The van der Waals surface area contributed by atoms with E-state index >= 15 is 0 Å². The fourth-order valence-corrected chi connectivity index (χ4v) is 5.12. The Morgan fingerprint density at radius 1 is 0.972 bits per heavy atom. The maximum atomic E-state index is 13.7. The van der Waals surface area contributed by atoms with Gasteiger partial charge in [0.25, 0.3) is 0 Å². The van der Waals surface area contributed by atoms with Crippen molar-refractivity contribution in [1.82, 2.24) is 14.8 Å². The molecular formula is C30H36FN3O2. The highest BCUT2D eigenvalue weighted by molar-refractivity contribution is 5.99. The van der Waals surface area contributed by atoms with Crippen LogP contribution in [-0.4, -0.2) is 47.3 Å². The van der Waals surface area contributed by atoms with E-state index in [2.05, 4.69) is 46.0 Å². The highest BCUT2D eigenvalue weighted by atomic mass is 19.1. The summed E-state index contributed by atoms with van der Waals surface area (Å²) in [5.74, 6) is -0.122. The molecule has 0 unspecified atom stereocenters. The van der Waals surface area contributed by atoms with Crippen molar-refractivity contribution in [2.75, 3.05) is 26.2 Å². The Hall–Kier alpha value is -3.25. The maximum absolute atomic E-state index is 13.7.